The van der Waals surface area contributed by atoms with Crippen LogP contribution < -0.4 is 0 Å². The maximum atomic E-state index is 10.9. The smallest absolute Gasteiger partial charge is 0.294 e. The van der Waals surface area contributed by atoms with Gasteiger partial charge in [0.2, 0.25) is 11.6 Å². The first kappa shape index (κ1) is 9.54. The Hall–Kier alpha value is -1.01. The Morgan fingerprint density at radius 3 is 2.86 bits per heavy atom. The van der Waals surface area contributed by atoms with Crippen molar-refractivity contribution in [2.75, 3.05) is 0 Å². The molecule has 2 heterocycles. The van der Waals surface area contributed by atoms with Crippen LogP contribution >= 0.6 is 27.3 Å². The first-order valence-electron chi connectivity index (χ1n) is 3.77. The molecule has 2 aromatic heterocycles. The highest BCUT2D eigenvalue weighted by Gasteiger charge is 2.12. The molecule has 0 aliphatic carbocycles. The van der Waals surface area contributed by atoms with Gasteiger partial charge in [0.1, 0.15) is 0 Å². The third-order valence-electron chi connectivity index (χ3n) is 1.52. The number of aromatic nitrogens is 2. The second kappa shape index (κ2) is 3.62. The van der Waals surface area contributed by atoms with Crippen molar-refractivity contribution in [2.24, 2.45) is 0 Å². The average Bonchev–Trinajstić information content (AvgIpc) is 2.70. The number of hydrogen-bond donors (Lipinski definition) is 0. The molecule has 0 radical (unpaired) electrons. The molecule has 0 bridgehead atoms. The van der Waals surface area contributed by atoms with E-state index in [0.29, 0.717) is 5.82 Å². The van der Waals surface area contributed by atoms with Crippen LogP contribution in [0.15, 0.2) is 20.4 Å². The second-order valence-electron chi connectivity index (χ2n) is 2.58. The molecule has 0 aliphatic rings. The predicted octanol–water partition coefficient (Wildman–Crippen LogP) is 2.76. The van der Waals surface area contributed by atoms with Gasteiger partial charge in [-0.3, -0.25) is 4.79 Å². The van der Waals surface area contributed by atoms with Gasteiger partial charge in [-0.25, -0.2) is 0 Å². The standard InChI is InChI=1S/C8H5BrN2O2S/c1-4(12)8-10-7(11-13-8)5-2-3-6(9)14-5/h2-3H,1H3. The van der Waals surface area contributed by atoms with Crippen LogP contribution in [0.1, 0.15) is 17.6 Å². The van der Waals surface area contributed by atoms with Crippen molar-refractivity contribution in [1.82, 2.24) is 10.1 Å². The Labute approximate surface area is 92.1 Å². The van der Waals surface area contributed by atoms with Crippen LogP contribution in [-0.2, 0) is 0 Å². The number of halogens is 1. The molecule has 0 aliphatic heterocycles. The highest BCUT2D eigenvalue weighted by molar-refractivity contribution is 9.11. The molecule has 6 heteroatoms. The van der Waals surface area contributed by atoms with E-state index < -0.39 is 0 Å². The lowest BCUT2D eigenvalue weighted by Gasteiger charge is -1.82. The molecular weight excluding hydrogens is 268 g/mol. The van der Waals surface area contributed by atoms with Crippen LogP contribution in [-0.4, -0.2) is 15.9 Å². The number of carbonyl (C=O) groups is 1. The molecular formula is C8H5BrN2O2S. The number of rotatable bonds is 2. The summed E-state index contributed by atoms with van der Waals surface area (Å²) in [5.74, 6) is 0.273. The fourth-order valence-corrected chi connectivity index (χ4v) is 2.21. The summed E-state index contributed by atoms with van der Waals surface area (Å²) in [5, 5.41) is 3.70. The van der Waals surface area contributed by atoms with E-state index in [2.05, 4.69) is 26.1 Å². The Balaban J connectivity index is 2.38. The van der Waals surface area contributed by atoms with Gasteiger partial charge < -0.3 is 4.52 Å². The first-order chi connectivity index (χ1) is 6.66. The van der Waals surface area contributed by atoms with Crippen molar-refractivity contribution in [3.8, 4) is 10.7 Å². The Kier molecular flexibility index (Phi) is 2.47. The predicted molar refractivity (Wildman–Crippen MR) is 55.3 cm³/mol. The van der Waals surface area contributed by atoms with Gasteiger partial charge in [-0.15, -0.1) is 11.3 Å². The highest BCUT2D eigenvalue weighted by atomic mass is 79.9. The molecule has 0 atom stereocenters. The molecule has 0 fully saturated rings. The normalized spacial score (nSPS) is 10.4. The van der Waals surface area contributed by atoms with Gasteiger partial charge in [-0.1, -0.05) is 5.16 Å². The van der Waals surface area contributed by atoms with E-state index >= 15 is 0 Å². The molecule has 0 spiro atoms. The van der Waals surface area contributed by atoms with E-state index in [-0.39, 0.29) is 11.7 Å². The summed E-state index contributed by atoms with van der Waals surface area (Å²) in [6, 6.07) is 3.76. The zero-order valence-corrected chi connectivity index (χ0v) is 9.55. The van der Waals surface area contributed by atoms with Gasteiger partial charge in [-0.2, -0.15) is 4.98 Å². The number of ketones is 1. The molecule has 0 saturated heterocycles. The van der Waals surface area contributed by atoms with Crippen molar-refractivity contribution in [3.63, 3.8) is 0 Å². The third-order valence-corrected chi connectivity index (χ3v) is 3.14. The van der Waals surface area contributed by atoms with E-state index in [4.69, 9.17) is 4.52 Å². The lowest BCUT2D eigenvalue weighted by atomic mass is 10.4. The number of hydrogen-bond acceptors (Lipinski definition) is 5. The van der Waals surface area contributed by atoms with E-state index in [1.54, 1.807) is 0 Å². The quantitative estimate of drug-likeness (QED) is 0.789. The zero-order chi connectivity index (χ0) is 10.1. The van der Waals surface area contributed by atoms with Crippen molar-refractivity contribution < 1.29 is 9.32 Å². The van der Waals surface area contributed by atoms with Crippen molar-refractivity contribution >= 4 is 33.0 Å². The van der Waals surface area contributed by atoms with Crippen LogP contribution in [0.4, 0.5) is 0 Å². The Bertz CT molecular complexity index is 477. The largest absolute Gasteiger partial charge is 0.330 e. The van der Waals surface area contributed by atoms with E-state index in [9.17, 15) is 4.79 Å². The van der Waals surface area contributed by atoms with Crippen LogP contribution in [0, 0.1) is 0 Å². The van der Waals surface area contributed by atoms with Gasteiger partial charge in [0.15, 0.2) is 0 Å². The van der Waals surface area contributed by atoms with Gasteiger partial charge in [0, 0.05) is 6.92 Å². The average molecular weight is 273 g/mol. The summed E-state index contributed by atoms with van der Waals surface area (Å²) < 4.78 is 5.76. The number of carbonyl (C=O) groups excluding carboxylic acids is 1. The fraction of sp³-hybridized carbons (Fsp3) is 0.125. The van der Waals surface area contributed by atoms with Gasteiger partial charge in [0.05, 0.1) is 8.66 Å². The van der Waals surface area contributed by atoms with Crippen molar-refractivity contribution in [2.45, 2.75) is 6.92 Å². The monoisotopic (exact) mass is 272 g/mol. The van der Waals surface area contributed by atoms with Gasteiger partial charge in [0.25, 0.3) is 5.89 Å². The highest BCUT2D eigenvalue weighted by Crippen LogP contribution is 2.29. The van der Waals surface area contributed by atoms with Crippen LogP contribution in [0.3, 0.4) is 0 Å². The molecule has 0 N–H and O–H groups in total. The molecule has 14 heavy (non-hydrogen) atoms. The fourth-order valence-electron chi connectivity index (χ4n) is 0.901. The van der Waals surface area contributed by atoms with Gasteiger partial charge >= 0.3 is 0 Å². The first-order valence-corrected chi connectivity index (χ1v) is 5.38. The van der Waals surface area contributed by atoms with Crippen LogP contribution in [0.2, 0.25) is 0 Å². The van der Waals surface area contributed by atoms with E-state index in [1.807, 2.05) is 12.1 Å². The summed E-state index contributed by atoms with van der Waals surface area (Å²) >= 11 is 4.82. The van der Waals surface area contributed by atoms with E-state index in [1.165, 1.54) is 18.3 Å². The molecule has 0 amide bonds. The lowest BCUT2D eigenvalue weighted by molar-refractivity contribution is 0.0972. The van der Waals surface area contributed by atoms with Crippen LogP contribution in [0.25, 0.3) is 10.7 Å². The molecule has 0 saturated carbocycles. The summed E-state index contributed by atoms with van der Waals surface area (Å²) in [4.78, 5) is 15.7. The van der Waals surface area contributed by atoms with Crippen LogP contribution in [0.5, 0.6) is 0 Å². The lowest BCUT2D eigenvalue weighted by Crippen LogP contribution is -1.90. The van der Waals surface area contributed by atoms with Crippen molar-refractivity contribution in [3.05, 3.63) is 21.8 Å². The Morgan fingerprint density at radius 1 is 1.57 bits per heavy atom. The molecule has 4 nitrogen and oxygen atoms in total. The third kappa shape index (κ3) is 1.76. The molecule has 0 aromatic carbocycles. The van der Waals surface area contributed by atoms with Crippen molar-refractivity contribution in [1.29, 1.82) is 0 Å². The minimum atomic E-state index is -0.223. The minimum absolute atomic E-state index is 0.0459. The van der Waals surface area contributed by atoms with Gasteiger partial charge in [-0.05, 0) is 28.1 Å². The molecule has 0 unspecified atom stereocenters. The second-order valence-corrected chi connectivity index (χ2v) is 5.05. The molecule has 72 valence electrons. The molecule has 2 rings (SSSR count). The summed E-state index contributed by atoms with van der Waals surface area (Å²) in [6.45, 7) is 1.39. The summed E-state index contributed by atoms with van der Waals surface area (Å²) in [6.07, 6.45) is 0. The minimum Gasteiger partial charge on any atom is -0.330 e. The number of thiophene rings is 1. The number of Topliss-reactive ketones (excluding diaryl/α,β-unsaturated/α-hetero) is 1. The summed E-state index contributed by atoms with van der Waals surface area (Å²) in [5.41, 5.74) is 0. The maximum absolute atomic E-state index is 10.9. The zero-order valence-electron chi connectivity index (χ0n) is 7.15. The summed E-state index contributed by atoms with van der Waals surface area (Å²) in [7, 11) is 0. The Morgan fingerprint density at radius 2 is 2.36 bits per heavy atom. The topological polar surface area (TPSA) is 56.0 Å². The maximum Gasteiger partial charge on any atom is 0.294 e. The SMILES string of the molecule is CC(=O)c1nc(-c2ccc(Br)s2)no1. The number of nitrogens with zero attached hydrogens (tertiary/aromatic N) is 2. The van der Waals surface area contributed by atoms with E-state index in [0.717, 1.165) is 8.66 Å². The molecule has 2 aromatic rings.